The Hall–Kier alpha value is -1.85. The molecule has 2 heteroatoms. The van der Waals surface area contributed by atoms with Gasteiger partial charge in [-0.15, -0.1) is 0 Å². The molecule has 18 heavy (non-hydrogen) atoms. The maximum Gasteiger partial charge on any atom is 0.0635 e. The number of rotatable bonds is 4. The highest BCUT2D eigenvalue weighted by Crippen LogP contribution is 2.18. The number of fused-ring (bicyclic) bond motifs is 1. The number of hydrogen-bond acceptors (Lipinski definition) is 2. The Balaban J connectivity index is 2.15. The number of nitrogens with zero attached hydrogens (tertiary/aromatic N) is 2. The summed E-state index contributed by atoms with van der Waals surface area (Å²) in [5.41, 5.74) is 2.59. The standard InChI is InChI=1S/C16H18N2/c1-13-4-6-16-11-14(5-7-15(16)10-13)12-18(2)9-3-8-17/h4-7,10-11H,3,9,12H2,1-2H3. The van der Waals surface area contributed by atoms with Crippen LogP contribution >= 0.6 is 0 Å². The Morgan fingerprint density at radius 1 is 1.11 bits per heavy atom. The molecule has 0 saturated heterocycles. The van der Waals surface area contributed by atoms with E-state index in [1.165, 1.54) is 21.9 Å². The van der Waals surface area contributed by atoms with Gasteiger partial charge in [0.2, 0.25) is 0 Å². The summed E-state index contributed by atoms with van der Waals surface area (Å²) in [5.74, 6) is 0. The number of benzene rings is 2. The lowest BCUT2D eigenvalue weighted by Crippen LogP contribution is -2.18. The summed E-state index contributed by atoms with van der Waals surface area (Å²) in [6.45, 7) is 3.83. The third kappa shape index (κ3) is 3.09. The van der Waals surface area contributed by atoms with Gasteiger partial charge in [-0.1, -0.05) is 35.9 Å². The fourth-order valence-electron chi connectivity index (χ4n) is 2.14. The van der Waals surface area contributed by atoms with Crippen LogP contribution in [-0.2, 0) is 6.54 Å². The van der Waals surface area contributed by atoms with Crippen LogP contribution in [0.4, 0.5) is 0 Å². The number of hydrogen-bond donors (Lipinski definition) is 0. The van der Waals surface area contributed by atoms with Gasteiger partial charge in [-0.3, -0.25) is 0 Å². The molecule has 92 valence electrons. The van der Waals surface area contributed by atoms with Crippen LogP contribution in [0.5, 0.6) is 0 Å². The summed E-state index contributed by atoms with van der Waals surface area (Å²) < 4.78 is 0. The minimum atomic E-state index is 0.587. The van der Waals surface area contributed by atoms with Crippen LogP contribution in [0.2, 0.25) is 0 Å². The molecule has 0 aliphatic rings. The fraction of sp³-hybridized carbons (Fsp3) is 0.312. The Morgan fingerprint density at radius 2 is 1.83 bits per heavy atom. The normalized spacial score (nSPS) is 10.8. The topological polar surface area (TPSA) is 27.0 Å². The molecule has 0 fully saturated rings. The number of aryl methyl sites for hydroxylation is 1. The molecule has 0 heterocycles. The third-order valence-electron chi connectivity index (χ3n) is 3.12. The first-order chi connectivity index (χ1) is 8.69. The van der Waals surface area contributed by atoms with E-state index >= 15 is 0 Å². The molecule has 2 aromatic carbocycles. The average Bonchev–Trinajstić information content (AvgIpc) is 2.36. The molecule has 0 bridgehead atoms. The molecule has 0 spiro atoms. The minimum absolute atomic E-state index is 0.587. The van der Waals surface area contributed by atoms with E-state index in [1.54, 1.807) is 0 Å². The van der Waals surface area contributed by atoms with Crippen LogP contribution in [0.25, 0.3) is 10.8 Å². The van der Waals surface area contributed by atoms with Crippen molar-refractivity contribution in [1.82, 2.24) is 4.90 Å². The van der Waals surface area contributed by atoms with E-state index < -0.39 is 0 Å². The molecule has 0 saturated carbocycles. The van der Waals surface area contributed by atoms with Gasteiger partial charge in [0.15, 0.2) is 0 Å². The Bertz CT molecular complexity index is 581. The Morgan fingerprint density at radius 3 is 2.61 bits per heavy atom. The zero-order valence-corrected chi connectivity index (χ0v) is 11.0. The van der Waals surface area contributed by atoms with E-state index in [-0.39, 0.29) is 0 Å². The van der Waals surface area contributed by atoms with Gasteiger partial charge in [-0.2, -0.15) is 5.26 Å². The number of nitriles is 1. The molecule has 0 N–H and O–H groups in total. The lowest BCUT2D eigenvalue weighted by atomic mass is 10.0. The molecular formula is C16H18N2. The summed E-state index contributed by atoms with van der Waals surface area (Å²) >= 11 is 0. The highest BCUT2D eigenvalue weighted by atomic mass is 15.1. The highest BCUT2D eigenvalue weighted by molar-refractivity contribution is 5.83. The van der Waals surface area contributed by atoms with Gasteiger partial charge in [-0.05, 0) is 36.4 Å². The van der Waals surface area contributed by atoms with Crippen LogP contribution in [0, 0.1) is 18.3 Å². The fourth-order valence-corrected chi connectivity index (χ4v) is 2.14. The summed E-state index contributed by atoms with van der Waals surface area (Å²) in [4.78, 5) is 2.18. The molecule has 0 aliphatic carbocycles. The third-order valence-corrected chi connectivity index (χ3v) is 3.12. The van der Waals surface area contributed by atoms with Crippen LogP contribution < -0.4 is 0 Å². The predicted octanol–water partition coefficient (Wildman–Crippen LogP) is 3.49. The predicted molar refractivity (Wildman–Crippen MR) is 75.2 cm³/mol. The summed E-state index contributed by atoms with van der Waals surface area (Å²) in [6, 6.07) is 15.3. The van der Waals surface area contributed by atoms with Crippen molar-refractivity contribution in [2.75, 3.05) is 13.6 Å². The largest absolute Gasteiger partial charge is 0.301 e. The van der Waals surface area contributed by atoms with Crippen molar-refractivity contribution < 1.29 is 0 Å². The summed E-state index contributed by atoms with van der Waals surface area (Å²) in [7, 11) is 2.05. The van der Waals surface area contributed by atoms with Crippen LogP contribution in [0.3, 0.4) is 0 Å². The van der Waals surface area contributed by atoms with Crippen molar-refractivity contribution in [2.45, 2.75) is 19.9 Å². The first kappa shape index (κ1) is 12.6. The maximum absolute atomic E-state index is 8.57. The molecule has 0 unspecified atom stereocenters. The van der Waals surface area contributed by atoms with Gasteiger partial charge >= 0.3 is 0 Å². The van der Waals surface area contributed by atoms with Crippen molar-refractivity contribution in [3.05, 3.63) is 47.5 Å². The zero-order valence-electron chi connectivity index (χ0n) is 11.0. The van der Waals surface area contributed by atoms with Crippen molar-refractivity contribution in [3.8, 4) is 6.07 Å². The molecule has 0 aliphatic heterocycles. The van der Waals surface area contributed by atoms with Crippen molar-refractivity contribution in [3.63, 3.8) is 0 Å². The van der Waals surface area contributed by atoms with Crippen LogP contribution in [0.15, 0.2) is 36.4 Å². The molecule has 0 aromatic heterocycles. The first-order valence-corrected chi connectivity index (χ1v) is 6.24. The van der Waals surface area contributed by atoms with E-state index in [9.17, 15) is 0 Å². The van der Waals surface area contributed by atoms with E-state index in [4.69, 9.17) is 5.26 Å². The Kier molecular flexibility index (Phi) is 3.96. The Labute approximate surface area is 108 Å². The molecule has 2 nitrogen and oxygen atoms in total. The second-order valence-electron chi connectivity index (χ2n) is 4.83. The van der Waals surface area contributed by atoms with Crippen LogP contribution in [-0.4, -0.2) is 18.5 Å². The molecule has 0 atom stereocenters. The van der Waals surface area contributed by atoms with Crippen LogP contribution in [0.1, 0.15) is 17.5 Å². The van der Waals surface area contributed by atoms with E-state index in [0.717, 1.165) is 13.1 Å². The molecular weight excluding hydrogens is 220 g/mol. The molecule has 0 amide bonds. The highest BCUT2D eigenvalue weighted by Gasteiger charge is 2.01. The monoisotopic (exact) mass is 238 g/mol. The average molecular weight is 238 g/mol. The van der Waals surface area contributed by atoms with E-state index in [2.05, 4.69) is 61.3 Å². The molecule has 2 aromatic rings. The van der Waals surface area contributed by atoms with Gasteiger partial charge in [0.05, 0.1) is 6.07 Å². The maximum atomic E-state index is 8.57. The lowest BCUT2D eigenvalue weighted by Gasteiger charge is -2.15. The van der Waals surface area contributed by atoms with Gasteiger partial charge in [0.25, 0.3) is 0 Å². The SMILES string of the molecule is Cc1ccc2cc(CN(C)CCC#N)ccc2c1. The van der Waals surface area contributed by atoms with E-state index in [0.29, 0.717) is 6.42 Å². The smallest absolute Gasteiger partial charge is 0.0635 e. The molecule has 0 radical (unpaired) electrons. The van der Waals surface area contributed by atoms with E-state index in [1.807, 2.05) is 0 Å². The first-order valence-electron chi connectivity index (χ1n) is 6.24. The van der Waals surface area contributed by atoms with Gasteiger partial charge in [0, 0.05) is 19.5 Å². The second-order valence-corrected chi connectivity index (χ2v) is 4.83. The zero-order chi connectivity index (χ0) is 13.0. The molecule has 2 rings (SSSR count). The van der Waals surface area contributed by atoms with Crippen molar-refractivity contribution in [2.24, 2.45) is 0 Å². The van der Waals surface area contributed by atoms with Gasteiger partial charge < -0.3 is 4.90 Å². The lowest BCUT2D eigenvalue weighted by molar-refractivity contribution is 0.335. The second kappa shape index (κ2) is 5.66. The van der Waals surface area contributed by atoms with Gasteiger partial charge in [0.1, 0.15) is 0 Å². The van der Waals surface area contributed by atoms with Gasteiger partial charge in [-0.25, -0.2) is 0 Å². The summed E-state index contributed by atoms with van der Waals surface area (Å²) in [5, 5.41) is 11.1. The van der Waals surface area contributed by atoms with Crippen molar-refractivity contribution >= 4 is 10.8 Å². The quantitative estimate of drug-likeness (QED) is 0.815. The minimum Gasteiger partial charge on any atom is -0.301 e. The van der Waals surface area contributed by atoms with Crippen molar-refractivity contribution in [1.29, 1.82) is 5.26 Å². The summed E-state index contributed by atoms with van der Waals surface area (Å²) in [6.07, 6.45) is 0.587.